The first-order chi connectivity index (χ1) is 9.48. The molecule has 2 aromatic rings. The molecular weight excluding hydrogens is 399 g/mol. The molecule has 1 aliphatic carbocycles. The third kappa shape index (κ3) is 3.38. The van der Waals surface area contributed by atoms with Gasteiger partial charge in [0.2, 0.25) is 0 Å². The molecule has 0 aliphatic heterocycles. The van der Waals surface area contributed by atoms with Crippen molar-refractivity contribution in [2.24, 2.45) is 0 Å². The SMILES string of the molecule is CC1=C([SiH3])c2ccccc2[C]1([Ti+3])c1cccc(C)c1C.[Cl-].[Cl-].[Cl-]. The van der Waals surface area contributed by atoms with Gasteiger partial charge in [-0.15, -0.1) is 0 Å². The van der Waals surface area contributed by atoms with E-state index in [2.05, 4.69) is 83.7 Å². The molecule has 5 heteroatoms. The predicted octanol–water partition coefficient (Wildman–Crippen LogP) is -5.78. The van der Waals surface area contributed by atoms with Crippen molar-refractivity contribution < 1.29 is 57.7 Å². The fourth-order valence-electron chi connectivity index (χ4n) is 3.33. The zero-order valence-electron chi connectivity index (χ0n) is 13.7. The first-order valence-electron chi connectivity index (χ1n) is 7.07. The summed E-state index contributed by atoms with van der Waals surface area (Å²) in [5.74, 6) is 0. The Kier molecular flexibility index (Phi) is 8.37. The normalized spacial score (nSPS) is 18.7. The second-order valence-corrected chi connectivity index (χ2v) is 7.96. The smallest absolute Gasteiger partial charge is 1.00 e. The number of halogens is 3. The topological polar surface area (TPSA) is 0 Å². The van der Waals surface area contributed by atoms with E-state index in [-0.39, 0.29) is 40.9 Å². The van der Waals surface area contributed by atoms with Crippen molar-refractivity contribution >= 4 is 15.4 Å². The quantitative estimate of drug-likeness (QED) is 0.406. The Morgan fingerprint density at radius 3 is 2.04 bits per heavy atom. The van der Waals surface area contributed by atoms with E-state index in [1.165, 1.54) is 27.8 Å². The molecule has 1 unspecified atom stereocenters. The van der Waals surface area contributed by atoms with Gasteiger partial charge in [-0.3, -0.25) is 0 Å². The van der Waals surface area contributed by atoms with Crippen LogP contribution < -0.4 is 37.2 Å². The Bertz CT molecular complexity index is 743. The molecule has 0 amide bonds. The summed E-state index contributed by atoms with van der Waals surface area (Å²) >= 11 is 2.40. The Hall–Kier alpha value is -0.0188. The average molecular weight is 418 g/mol. The molecule has 0 spiro atoms. The minimum atomic E-state index is 0. The summed E-state index contributed by atoms with van der Waals surface area (Å²) in [6, 6.07) is 15.7. The maximum absolute atomic E-state index is 2.40. The third-order valence-electron chi connectivity index (χ3n) is 4.87. The van der Waals surface area contributed by atoms with Crippen LogP contribution in [0.3, 0.4) is 0 Å². The van der Waals surface area contributed by atoms with Crippen LogP contribution in [0.4, 0.5) is 0 Å². The standard InChI is InChI=1S/C18H19Si.3ClH.Ti/c1-11-7-6-10-14(12(11)2)17-13(3)18(19)16-9-5-4-8-15(16)17;;;;/h4-10H,1-3,19H3;3*1H;/q;;;;+3/p-3. The number of fused-ring (bicyclic) bond motifs is 1. The monoisotopic (exact) mass is 416 g/mol. The van der Waals surface area contributed by atoms with Gasteiger partial charge in [0.1, 0.15) is 0 Å². The van der Waals surface area contributed by atoms with E-state index >= 15 is 0 Å². The van der Waals surface area contributed by atoms with Crippen molar-refractivity contribution in [1.29, 1.82) is 0 Å². The zero-order chi connectivity index (χ0) is 14.5. The van der Waals surface area contributed by atoms with Crippen LogP contribution >= 0.6 is 0 Å². The first kappa shape index (κ1) is 23.0. The summed E-state index contributed by atoms with van der Waals surface area (Å²) in [5.41, 5.74) is 8.78. The number of rotatable bonds is 1. The Labute approximate surface area is 172 Å². The summed E-state index contributed by atoms with van der Waals surface area (Å²) in [7, 11) is 1.11. The van der Waals surface area contributed by atoms with Crippen LogP contribution in [0.2, 0.25) is 0 Å². The molecule has 0 N–H and O–H groups in total. The Balaban J connectivity index is 0.00000161. The predicted molar refractivity (Wildman–Crippen MR) is 85.7 cm³/mol. The molecule has 2 aromatic carbocycles. The molecular formula is C18H19Cl3SiTi. The number of hydrogen-bond acceptors (Lipinski definition) is 0. The van der Waals surface area contributed by atoms with Crippen molar-refractivity contribution in [3.05, 3.63) is 75.9 Å². The largest absolute Gasteiger partial charge is 1.00 e. The maximum atomic E-state index is 2.40. The Morgan fingerprint density at radius 2 is 1.39 bits per heavy atom. The van der Waals surface area contributed by atoms with Crippen LogP contribution in [-0.2, 0) is 24.2 Å². The van der Waals surface area contributed by atoms with Crippen LogP contribution in [0.5, 0.6) is 0 Å². The second kappa shape index (κ2) is 8.38. The molecule has 0 aromatic heterocycles. The summed E-state index contributed by atoms with van der Waals surface area (Å²) < 4.78 is 0.0454. The van der Waals surface area contributed by atoms with Gasteiger partial charge in [0.05, 0.1) is 0 Å². The molecule has 3 rings (SSSR count). The van der Waals surface area contributed by atoms with E-state index in [4.69, 9.17) is 0 Å². The average Bonchev–Trinajstić information content (AvgIpc) is 2.65. The third-order valence-corrected chi connectivity index (χ3v) is 7.58. The van der Waals surface area contributed by atoms with Crippen LogP contribution in [0, 0.1) is 13.8 Å². The van der Waals surface area contributed by atoms with Gasteiger partial charge in [0.15, 0.2) is 0 Å². The van der Waals surface area contributed by atoms with Gasteiger partial charge in [-0.25, -0.2) is 0 Å². The van der Waals surface area contributed by atoms with Crippen LogP contribution in [0.15, 0.2) is 48.0 Å². The van der Waals surface area contributed by atoms with E-state index in [0.29, 0.717) is 0 Å². The van der Waals surface area contributed by atoms with Gasteiger partial charge in [-0.2, -0.15) is 0 Å². The van der Waals surface area contributed by atoms with Crippen LogP contribution in [0.1, 0.15) is 34.7 Å². The number of benzene rings is 2. The van der Waals surface area contributed by atoms with Crippen LogP contribution in [0.25, 0.3) is 5.20 Å². The van der Waals surface area contributed by atoms with E-state index < -0.39 is 0 Å². The molecule has 0 heterocycles. The van der Waals surface area contributed by atoms with Gasteiger partial charge in [0, 0.05) is 0 Å². The Morgan fingerprint density at radius 1 is 0.826 bits per heavy atom. The van der Waals surface area contributed by atoms with E-state index in [1.54, 1.807) is 10.8 Å². The van der Waals surface area contributed by atoms with Crippen molar-refractivity contribution in [2.75, 3.05) is 0 Å². The second-order valence-electron chi connectivity index (χ2n) is 5.79. The zero-order valence-corrected chi connectivity index (χ0v) is 19.5. The van der Waals surface area contributed by atoms with Gasteiger partial charge < -0.3 is 37.2 Å². The summed E-state index contributed by atoms with van der Waals surface area (Å²) in [6.45, 7) is 6.80. The molecule has 120 valence electrons. The van der Waals surface area contributed by atoms with E-state index in [0.717, 1.165) is 10.2 Å². The van der Waals surface area contributed by atoms with Gasteiger partial charge >= 0.3 is 136 Å². The molecule has 23 heavy (non-hydrogen) atoms. The van der Waals surface area contributed by atoms with Crippen molar-refractivity contribution in [3.8, 4) is 0 Å². The van der Waals surface area contributed by atoms with Crippen molar-refractivity contribution in [3.63, 3.8) is 0 Å². The number of aryl methyl sites for hydroxylation is 1. The molecule has 0 nitrogen and oxygen atoms in total. The van der Waals surface area contributed by atoms with Crippen molar-refractivity contribution in [2.45, 2.75) is 24.5 Å². The van der Waals surface area contributed by atoms with E-state index in [9.17, 15) is 0 Å². The maximum Gasteiger partial charge on any atom is -1.00 e. The molecule has 0 bridgehead atoms. The summed E-state index contributed by atoms with van der Waals surface area (Å²) in [5, 5.41) is 1.57. The van der Waals surface area contributed by atoms with Gasteiger partial charge in [0.25, 0.3) is 0 Å². The molecule has 1 aliphatic rings. The molecule has 0 fully saturated rings. The first-order valence-corrected chi connectivity index (χ1v) is 8.85. The molecule has 1 atom stereocenters. The van der Waals surface area contributed by atoms with Crippen molar-refractivity contribution in [1.82, 2.24) is 0 Å². The molecule has 0 saturated carbocycles. The fraction of sp³-hybridized carbons (Fsp3) is 0.222. The van der Waals surface area contributed by atoms with E-state index in [1.807, 2.05) is 0 Å². The van der Waals surface area contributed by atoms with Crippen LogP contribution in [-0.4, -0.2) is 10.2 Å². The fourth-order valence-corrected chi connectivity index (χ4v) is 5.58. The summed E-state index contributed by atoms with van der Waals surface area (Å²) in [4.78, 5) is 0. The minimum Gasteiger partial charge on any atom is -1.00 e. The van der Waals surface area contributed by atoms with Gasteiger partial charge in [-0.05, 0) is 0 Å². The van der Waals surface area contributed by atoms with Gasteiger partial charge in [-0.1, -0.05) is 0 Å². The number of hydrogen-bond donors (Lipinski definition) is 0. The molecule has 0 saturated heterocycles. The number of allylic oxidation sites excluding steroid dienone is 1. The minimum absolute atomic E-state index is 0. The molecule has 0 radical (unpaired) electrons. The summed E-state index contributed by atoms with van der Waals surface area (Å²) in [6.07, 6.45) is 0.